The molecule has 0 N–H and O–H groups in total. The van der Waals surface area contributed by atoms with E-state index in [0.29, 0.717) is 36.7 Å². The van der Waals surface area contributed by atoms with Gasteiger partial charge in [0.2, 0.25) is 0 Å². The van der Waals surface area contributed by atoms with Crippen LogP contribution >= 0.6 is 0 Å². The van der Waals surface area contributed by atoms with Crippen LogP contribution in [0.5, 0.6) is 0 Å². The van der Waals surface area contributed by atoms with E-state index < -0.39 is 46.9 Å². The second-order valence-corrected chi connectivity index (χ2v) is 12.5. The Labute approximate surface area is 254 Å². The number of ether oxygens (including phenoxy) is 1. The molecule has 2 fully saturated rings. The van der Waals surface area contributed by atoms with Crippen molar-refractivity contribution in [1.29, 1.82) is 0 Å². The number of aryl methyl sites for hydroxylation is 1. The van der Waals surface area contributed by atoms with E-state index in [0.717, 1.165) is 81.5 Å². The summed E-state index contributed by atoms with van der Waals surface area (Å²) in [6.45, 7) is 2.07. The molecule has 5 rings (SSSR count). The Balaban J connectivity index is 1.11. The molecule has 8 heteroatoms. The van der Waals surface area contributed by atoms with Gasteiger partial charge in [0.15, 0.2) is 17.5 Å². The van der Waals surface area contributed by atoms with Crippen molar-refractivity contribution in [2.75, 3.05) is 0 Å². The third-order valence-corrected chi connectivity index (χ3v) is 9.65. The van der Waals surface area contributed by atoms with Crippen molar-refractivity contribution in [1.82, 2.24) is 0 Å². The van der Waals surface area contributed by atoms with Gasteiger partial charge in [-0.3, -0.25) is 0 Å². The molecular formula is C36H39F7O. The average molecular weight is 621 g/mol. The van der Waals surface area contributed by atoms with Gasteiger partial charge in [0.05, 0.1) is 11.7 Å². The molecule has 0 radical (unpaired) electrons. The molecule has 0 bridgehead atoms. The van der Waals surface area contributed by atoms with E-state index in [-0.39, 0.29) is 17.0 Å². The zero-order valence-electron chi connectivity index (χ0n) is 25.0. The van der Waals surface area contributed by atoms with Crippen LogP contribution in [0.2, 0.25) is 0 Å². The summed E-state index contributed by atoms with van der Waals surface area (Å²) in [5.41, 5.74) is 0.762. The third-order valence-electron chi connectivity index (χ3n) is 9.65. The lowest BCUT2D eigenvalue weighted by molar-refractivity contribution is -0.279. The third kappa shape index (κ3) is 7.49. The van der Waals surface area contributed by atoms with Crippen LogP contribution < -0.4 is 0 Å². The Hall–Kier alpha value is -2.87. The van der Waals surface area contributed by atoms with Gasteiger partial charge < -0.3 is 4.74 Å². The summed E-state index contributed by atoms with van der Waals surface area (Å²) in [5.74, 6) is -4.89. The standard InChI is InChI=1S/C36H39F7O/c1-2-3-4-5-22-6-17-30(32(38)18-22)36(42,43)44-28-14-11-24(12-15-28)23-7-9-25(10-8-23)26-13-16-29(31(37)19-26)27-20-33(39)35(41)34(40)21-27/h6,13,16-21,23-25,28H,2-5,7-12,14-15H2,1H3. The summed E-state index contributed by atoms with van der Waals surface area (Å²) in [5, 5.41) is 0. The van der Waals surface area contributed by atoms with Gasteiger partial charge in [0.25, 0.3) is 0 Å². The summed E-state index contributed by atoms with van der Waals surface area (Å²) in [4.78, 5) is 0. The highest BCUT2D eigenvalue weighted by Gasteiger charge is 2.40. The Bertz CT molecular complexity index is 1400. The van der Waals surface area contributed by atoms with Crippen molar-refractivity contribution in [3.05, 3.63) is 94.3 Å². The fraction of sp³-hybridized carbons (Fsp3) is 0.500. The zero-order chi connectivity index (χ0) is 31.4. The largest absolute Gasteiger partial charge is 0.386 e. The fourth-order valence-electron chi connectivity index (χ4n) is 7.13. The minimum Gasteiger partial charge on any atom is -0.313 e. The van der Waals surface area contributed by atoms with Crippen molar-refractivity contribution >= 4 is 0 Å². The molecule has 0 atom stereocenters. The molecular weight excluding hydrogens is 581 g/mol. The molecule has 2 aliphatic rings. The number of rotatable bonds is 10. The summed E-state index contributed by atoms with van der Waals surface area (Å²) < 4.78 is 105. The molecule has 0 spiro atoms. The number of hydrogen-bond acceptors (Lipinski definition) is 1. The van der Waals surface area contributed by atoms with Gasteiger partial charge in [-0.25, -0.2) is 22.0 Å². The molecule has 2 saturated carbocycles. The Morgan fingerprint density at radius 1 is 0.682 bits per heavy atom. The van der Waals surface area contributed by atoms with E-state index in [9.17, 15) is 30.7 Å². The monoisotopic (exact) mass is 620 g/mol. The maximum atomic E-state index is 15.0. The fourth-order valence-corrected chi connectivity index (χ4v) is 7.13. The van der Waals surface area contributed by atoms with Crippen LogP contribution in [0.15, 0.2) is 48.5 Å². The van der Waals surface area contributed by atoms with Gasteiger partial charge in [0.1, 0.15) is 11.6 Å². The van der Waals surface area contributed by atoms with Gasteiger partial charge in [-0.1, -0.05) is 38.0 Å². The van der Waals surface area contributed by atoms with Gasteiger partial charge in [0, 0.05) is 5.56 Å². The van der Waals surface area contributed by atoms with Crippen molar-refractivity contribution in [3.8, 4) is 11.1 Å². The molecule has 44 heavy (non-hydrogen) atoms. The van der Waals surface area contributed by atoms with E-state index >= 15 is 0 Å². The number of unbranched alkanes of at least 4 members (excludes halogenated alkanes) is 2. The van der Waals surface area contributed by atoms with Crippen LogP contribution in [0.1, 0.15) is 100 Å². The zero-order valence-corrected chi connectivity index (χ0v) is 25.0. The van der Waals surface area contributed by atoms with Crippen LogP contribution in [0.25, 0.3) is 11.1 Å². The van der Waals surface area contributed by atoms with Crippen molar-refractivity contribution < 1.29 is 35.5 Å². The Kier molecular flexibility index (Phi) is 10.4. The second-order valence-electron chi connectivity index (χ2n) is 12.5. The maximum absolute atomic E-state index is 15.0. The van der Waals surface area contributed by atoms with Crippen LogP contribution in [-0.4, -0.2) is 6.10 Å². The molecule has 238 valence electrons. The van der Waals surface area contributed by atoms with Crippen LogP contribution in [0.3, 0.4) is 0 Å². The summed E-state index contributed by atoms with van der Waals surface area (Å²) in [7, 11) is 0. The van der Waals surface area contributed by atoms with Crippen molar-refractivity contribution in [3.63, 3.8) is 0 Å². The van der Waals surface area contributed by atoms with E-state index in [1.165, 1.54) is 18.2 Å². The molecule has 0 saturated heterocycles. The Morgan fingerprint density at radius 2 is 1.32 bits per heavy atom. The number of alkyl halides is 2. The number of benzene rings is 3. The summed E-state index contributed by atoms with van der Waals surface area (Å²) >= 11 is 0. The second kappa shape index (κ2) is 14.1. The lowest BCUT2D eigenvalue weighted by Gasteiger charge is -2.38. The first kappa shape index (κ1) is 32.5. The first-order valence-corrected chi connectivity index (χ1v) is 15.8. The highest BCUT2D eigenvalue weighted by Crippen LogP contribution is 2.45. The Morgan fingerprint density at radius 3 is 1.91 bits per heavy atom. The lowest BCUT2D eigenvalue weighted by Crippen LogP contribution is -2.32. The summed E-state index contributed by atoms with van der Waals surface area (Å²) in [6.07, 6.45) is 5.37. The average Bonchev–Trinajstić information content (AvgIpc) is 3.00. The predicted molar refractivity (Wildman–Crippen MR) is 157 cm³/mol. The quantitative estimate of drug-likeness (QED) is 0.124. The number of hydrogen-bond donors (Lipinski definition) is 0. The van der Waals surface area contributed by atoms with Crippen LogP contribution in [0.4, 0.5) is 30.7 Å². The molecule has 0 unspecified atom stereocenters. The van der Waals surface area contributed by atoms with Gasteiger partial charge in [-0.05, 0) is 129 Å². The minimum absolute atomic E-state index is 0.00644. The molecule has 3 aromatic rings. The minimum atomic E-state index is -3.69. The van der Waals surface area contributed by atoms with Crippen LogP contribution in [-0.2, 0) is 17.3 Å². The highest BCUT2D eigenvalue weighted by molar-refractivity contribution is 5.65. The topological polar surface area (TPSA) is 9.23 Å². The van der Waals surface area contributed by atoms with Gasteiger partial charge >= 0.3 is 6.11 Å². The van der Waals surface area contributed by atoms with E-state index in [2.05, 4.69) is 6.92 Å². The van der Waals surface area contributed by atoms with Gasteiger partial charge in [-0.15, -0.1) is 0 Å². The first-order valence-electron chi connectivity index (χ1n) is 15.8. The smallest absolute Gasteiger partial charge is 0.313 e. The van der Waals surface area contributed by atoms with E-state index in [1.807, 2.05) is 0 Å². The summed E-state index contributed by atoms with van der Waals surface area (Å²) in [6, 6.07) is 10.1. The molecule has 0 aromatic heterocycles. The molecule has 0 amide bonds. The highest BCUT2D eigenvalue weighted by atomic mass is 19.3. The van der Waals surface area contributed by atoms with Crippen molar-refractivity contribution in [2.24, 2.45) is 11.8 Å². The predicted octanol–water partition coefficient (Wildman–Crippen LogP) is 11.4. The van der Waals surface area contributed by atoms with Gasteiger partial charge in [-0.2, -0.15) is 8.78 Å². The normalized spacial score (nSPS) is 22.7. The molecule has 2 aliphatic carbocycles. The van der Waals surface area contributed by atoms with Crippen molar-refractivity contribution in [2.45, 2.75) is 102 Å². The molecule has 0 heterocycles. The molecule has 3 aromatic carbocycles. The molecule has 1 nitrogen and oxygen atoms in total. The number of halogens is 7. The van der Waals surface area contributed by atoms with E-state index in [1.54, 1.807) is 12.1 Å². The van der Waals surface area contributed by atoms with Crippen LogP contribution in [0, 0.1) is 40.9 Å². The van der Waals surface area contributed by atoms with E-state index in [4.69, 9.17) is 4.74 Å². The maximum Gasteiger partial charge on any atom is 0.386 e. The molecule has 0 aliphatic heterocycles. The lowest BCUT2D eigenvalue weighted by atomic mass is 9.69. The SMILES string of the molecule is CCCCCc1ccc(C(F)(F)OC2CCC(C3CCC(c4ccc(-c5cc(F)c(F)c(F)c5)c(F)c4)CC3)CC2)c(F)c1. The first-order chi connectivity index (χ1) is 21.1.